The summed E-state index contributed by atoms with van der Waals surface area (Å²) >= 11 is 0.208. The molecule has 3 rings (SSSR count). The van der Waals surface area contributed by atoms with Crippen LogP contribution in [-0.2, 0) is 9.59 Å². The molecule has 2 aliphatic carbocycles. The Bertz CT molecular complexity index is 642. The van der Waals surface area contributed by atoms with Gasteiger partial charge in [0.05, 0.1) is 0 Å². The first-order valence-corrected chi connectivity index (χ1v) is 11.0. The van der Waals surface area contributed by atoms with E-state index in [1.54, 1.807) is 6.92 Å². The molecule has 0 unspecified atom stereocenters. The van der Waals surface area contributed by atoms with Gasteiger partial charge in [0, 0.05) is 0 Å². The summed E-state index contributed by atoms with van der Waals surface area (Å²) in [6.07, 6.45) is 2.22. The number of Topliss-reactive ketones (excluding diaryl/α,β-unsaturated/α-hetero) is 1. The van der Waals surface area contributed by atoms with Crippen LogP contribution in [0.5, 0.6) is 0 Å². The third kappa shape index (κ3) is 2.74. The van der Waals surface area contributed by atoms with Crippen LogP contribution < -0.4 is 5.32 Å². The molecule has 0 aliphatic heterocycles. The fourth-order valence-electron chi connectivity index (χ4n) is 4.55. The van der Waals surface area contributed by atoms with Crippen molar-refractivity contribution in [3.8, 4) is 0 Å². The second-order valence-electron chi connectivity index (χ2n) is 7.98. The van der Waals surface area contributed by atoms with Crippen molar-refractivity contribution in [3.05, 3.63) is 35.9 Å². The molecule has 130 valence electrons. The van der Waals surface area contributed by atoms with Crippen LogP contribution >= 0.6 is 0 Å². The van der Waals surface area contributed by atoms with Crippen LogP contribution in [-0.4, -0.2) is 26.6 Å². The van der Waals surface area contributed by atoms with Gasteiger partial charge >= 0.3 is 151 Å². The first kappa shape index (κ1) is 17.7. The average molecular weight is 392 g/mol. The standard InChI is InChI=1S/C20H27NO2Se/c1-13(22)21-16(14-8-6-5-7-9-14)12-24-17-15-10-11-20(4,18(17)23)19(15,2)3/h5-9,15-17H,10-12H2,1-4H3,(H,21,22)/t15-,16-,17+,20+/m1/s1. The van der Waals surface area contributed by atoms with Gasteiger partial charge in [0.25, 0.3) is 0 Å². The number of benzene rings is 1. The fourth-order valence-corrected chi connectivity index (χ4v) is 8.31. The third-order valence-corrected chi connectivity index (χ3v) is 9.49. The van der Waals surface area contributed by atoms with E-state index >= 15 is 0 Å². The summed E-state index contributed by atoms with van der Waals surface area (Å²) in [6, 6.07) is 10.1. The molecule has 24 heavy (non-hydrogen) atoms. The molecule has 0 saturated heterocycles. The van der Waals surface area contributed by atoms with Gasteiger partial charge in [0.1, 0.15) is 0 Å². The Hall–Kier alpha value is -1.12. The molecule has 0 aromatic heterocycles. The van der Waals surface area contributed by atoms with Crippen molar-refractivity contribution in [1.29, 1.82) is 0 Å². The van der Waals surface area contributed by atoms with Crippen molar-refractivity contribution in [2.24, 2.45) is 16.7 Å². The van der Waals surface area contributed by atoms with E-state index in [0.29, 0.717) is 11.7 Å². The molecular formula is C20H27NO2Se. The summed E-state index contributed by atoms with van der Waals surface area (Å²) in [5, 5.41) is 3.96. The summed E-state index contributed by atoms with van der Waals surface area (Å²) < 4.78 is 0. The summed E-state index contributed by atoms with van der Waals surface area (Å²) in [7, 11) is 0. The Balaban J connectivity index is 1.74. The van der Waals surface area contributed by atoms with Crippen LogP contribution in [0.25, 0.3) is 0 Å². The summed E-state index contributed by atoms with van der Waals surface area (Å²) in [5.41, 5.74) is 1.11. The number of amides is 1. The predicted molar refractivity (Wildman–Crippen MR) is 96.9 cm³/mol. The van der Waals surface area contributed by atoms with E-state index < -0.39 is 0 Å². The van der Waals surface area contributed by atoms with E-state index in [1.807, 2.05) is 18.2 Å². The molecule has 2 fully saturated rings. The van der Waals surface area contributed by atoms with Gasteiger partial charge in [0.15, 0.2) is 0 Å². The maximum atomic E-state index is 13.0. The Labute approximate surface area is 151 Å². The first-order valence-electron chi connectivity index (χ1n) is 8.75. The Morgan fingerprint density at radius 2 is 1.96 bits per heavy atom. The summed E-state index contributed by atoms with van der Waals surface area (Å²) in [5.74, 6) is 0.994. The molecule has 2 aliphatic rings. The van der Waals surface area contributed by atoms with Crippen LogP contribution in [0.3, 0.4) is 0 Å². The second-order valence-corrected chi connectivity index (χ2v) is 10.4. The number of ketones is 1. The first-order chi connectivity index (χ1) is 11.3. The SMILES string of the molecule is CC(=O)N[C@H](C[Se][C@@H]1C(=O)[C@]2(C)CC[C@H]1C2(C)C)c1ccccc1. The molecule has 4 heteroatoms. The molecule has 0 heterocycles. The van der Waals surface area contributed by atoms with Crippen molar-refractivity contribution in [2.75, 3.05) is 0 Å². The monoisotopic (exact) mass is 393 g/mol. The van der Waals surface area contributed by atoms with E-state index in [-0.39, 0.29) is 42.6 Å². The zero-order valence-corrected chi connectivity index (χ0v) is 16.7. The van der Waals surface area contributed by atoms with E-state index in [9.17, 15) is 9.59 Å². The van der Waals surface area contributed by atoms with Gasteiger partial charge in [-0.3, -0.25) is 0 Å². The number of hydrogen-bond acceptors (Lipinski definition) is 2. The number of hydrogen-bond donors (Lipinski definition) is 1. The zero-order valence-electron chi connectivity index (χ0n) is 15.0. The number of carbonyl (C=O) groups is 2. The maximum absolute atomic E-state index is 13.0. The predicted octanol–water partition coefficient (Wildman–Crippen LogP) is 3.80. The van der Waals surface area contributed by atoms with Crippen molar-refractivity contribution in [3.63, 3.8) is 0 Å². The van der Waals surface area contributed by atoms with Crippen molar-refractivity contribution in [2.45, 2.75) is 56.7 Å². The van der Waals surface area contributed by atoms with E-state index in [1.165, 1.54) is 6.42 Å². The molecule has 0 spiro atoms. The van der Waals surface area contributed by atoms with Crippen molar-refractivity contribution >= 4 is 26.6 Å². The summed E-state index contributed by atoms with van der Waals surface area (Å²) in [6.45, 7) is 8.30. The minimum absolute atomic E-state index is 0.00814. The molecule has 1 aromatic carbocycles. The van der Waals surface area contributed by atoms with E-state index in [4.69, 9.17) is 0 Å². The van der Waals surface area contributed by atoms with Crippen LogP contribution in [0.15, 0.2) is 30.3 Å². The zero-order chi connectivity index (χ0) is 17.5. The molecule has 1 amide bonds. The van der Waals surface area contributed by atoms with Gasteiger partial charge < -0.3 is 0 Å². The van der Waals surface area contributed by atoms with Crippen LogP contribution in [0.1, 0.15) is 52.1 Å². The van der Waals surface area contributed by atoms with Gasteiger partial charge in [-0.15, -0.1) is 0 Å². The molecule has 2 saturated carbocycles. The van der Waals surface area contributed by atoms with Crippen LogP contribution in [0, 0.1) is 16.7 Å². The normalized spacial score (nSPS) is 31.9. The molecule has 2 bridgehead atoms. The topological polar surface area (TPSA) is 46.2 Å². The number of fused-ring (bicyclic) bond motifs is 2. The van der Waals surface area contributed by atoms with Crippen molar-refractivity contribution in [1.82, 2.24) is 5.32 Å². The third-order valence-electron chi connectivity index (χ3n) is 6.49. The van der Waals surface area contributed by atoms with E-state index in [2.05, 4.69) is 38.2 Å². The molecule has 3 nitrogen and oxygen atoms in total. The summed E-state index contributed by atoms with van der Waals surface area (Å²) in [4.78, 5) is 24.8. The molecule has 4 atom stereocenters. The van der Waals surface area contributed by atoms with Gasteiger partial charge in [-0.25, -0.2) is 0 Å². The second kappa shape index (κ2) is 6.31. The Morgan fingerprint density at radius 1 is 1.29 bits per heavy atom. The molecule has 1 aromatic rings. The van der Waals surface area contributed by atoms with E-state index in [0.717, 1.165) is 17.3 Å². The van der Waals surface area contributed by atoms with Gasteiger partial charge in [-0.1, -0.05) is 0 Å². The Kier molecular flexibility index (Phi) is 4.65. The van der Waals surface area contributed by atoms with Crippen LogP contribution in [0.2, 0.25) is 10.1 Å². The molecule has 0 radical (unpaired) electrons. The quantitative estimate of drug-likeness (QED) is 0.775. The average Bonchev–Trinajstić information content (AvgIpc) is 2.85. The van der Waals surface area contributed by atoms with Crippen molar-refractivity contribution < 1.29 is 9.59 Å². The fraction of sp³-hybridized carbons (Fsp3) is 0.600. The Morgan fingerprint density at radius 3 is 2.50 bits per heavy atom. The number of carbonyl (C=O) groups excluding carboxylic acids is 2. The van der Waals surface area contributed by atoms with Gasteiger partial charge in [-0.05, 0) is 0 Å². The molecule has 1 N–H and O–H groups in total. The number of nitrogens with one attached hydrogen (secondary N) is 1. The van der Waals surface area contributed by atoms with Gasteiger partial charge in [-0.2, -0.15) is 0 Å². The minimum atomic E-state index is -0.139. The van der Waals surface area contributed by atoms with Crippen LogP contribution in [0.4, 0.5) is 0 Å². The van der Waals surface area contributed by atoms with Gasteiger partial charge in [0.2, 0.25) is 0 Å². The molecular weight excluding hydrogens is 365 g/mol. The number of rotatable bonds is 5.